The molecule has 0 fully saturated rings. The van der Waals surface area contributed by atoms with E-state index in [2.05, 4.69) is 101 Å². The van der Waals surface area contributed by atoms with Crippen LogP contribution >= 0.6 is 0 Å². The van der Waals surface area contributed by atoms with Crippen LogP contribution in [0.2, 0.25) is 0 Å². The van der Waals surface area contributed by atoms with E-state index in [1.165, 1.54) is 12.1 Å². The molecule has 0 saturated heterocycles. The number of imidazole rings is 1. The lowest BCUT2D eigenvalue weighted by molar-refractivity contribution is 0.460. The molecule has 0 atom stereocenters. The van der Waals surface area contributed by atoms with Crippen molar-refractivity contribution in [3.63, 3.8) is 0 Å². The summed E-state index contributed by atoms with van der Waals surface area (Å²) < 4.78 is 17.6. The van der Waals surface area contributed by atoms with Gasteiger partial charge in [-0.15, -0.1) is 0 Å². The van der Waals surface area contributed by atoms with E-state index in [0.29, 0.717) is 0 Å². The number of hydrogen-bond acceptors (Lipinski definition) is 2. The molecule has 0 bridgehead atoms. The van der Waals surface area contributed by atoms with Gasteiger partial charge in [0, 0.05) is 17.4 Å². The van der Waals surface area contributed by atoms with E-state index in [1.807, 2.05) is 35.0 Å². The number of halogens is 1. The maximum Gasteiger partial charge on any atom is 0.138 e. The largest absolute Gasteiger partial charge is 0.299 e. The highest BCUT2D eigenvalue weighted by Gasteiger charge is 2.39. The summed E-state index contributed by atoms with van der Waals surface area (Å²) in [6.07, 6.45) is 5.81. The first-order chi connectivity index (χ1) is 19.7. The summed E-state index contributed by atoms with van der Waals surface area (Å²) in [5.74, 6) is -0.264. The number of nitrogens with zero attached hydrogens (tertiary/aromatic N) is 4. The van der Waals surface area contributed by atoms with Crippen LogP contribution in [0.4, 0.5) is 4.39 Å². The molecule has 2 aromatic heterocycles. The summed E-state index contributed by atoms with van der Waals surface area (Å²) in [6.45, 7) is 0. The van der Waals surface area contributed by atoms with Gasteiger partial charge in [0.05, 0.1) is 17.2 Å². The third kappa shape index (κ3) is 3.91. The molecular formula is C35H25FN4. The molecule has 0 spiro atoms. The Labute approximate surface area is 231 Å². The van der Waals surface area contributed by atoms with Gasteiger partial charge in [0.15, 0.2) is 0 Å². The second-order valence-corrected chi connectivity index (χ2v) is 9.78. The second-order valence-electron chi connectivity index (χ2n) is 9.78. The first-order valence-corrected chi connectivity index (χ1v) is 13.2. The van der Waals surface area contributed by atoms with Crippen molar-refractivity contribution in [3.8, 4) is 16.8 Å². The molecule has 7 aromatic rings. The third-order valence-electron chi connectivity index (χ3n) is 7.49. The third-order valence-corrected chi connectivity index (χ3v) is 7.49. The first kappa shape index (κ1) is 23.8. The zero-order valence-electron chi connectivity index (χ0n) is 21.6. The lowest BCUT2D eigenvalue weighted by Crippen LogP contribution is -2.38. The van der Waals surface area contributed by atoms with Crippen LogP contribution in [0.1, 0.15) is 16.7 Å². The SMILES string of the molecule is Fc1ccc(-n2cnc3ccc(-c4cnn(C(c5ccccc5)(c5ccccc5)c5ccccc5)c4)cc32)cc1. The van der Waals surface area contributed by atoms with E-state index in [4.69, 9.17) is 5.10 Å². The molecule has 0 N–H and O–H groups in total. The smallest absolute Gasteiger partial charge is 0.138 e. The molecule has 0 aliphatic carbocycles. The van der Waals surface area contributed by atoms with E-state index < -0.39 is 5.54 Å². The van der Waals surface area contributed by atoms with Crippen LogP contribution in [-0.4, -0.2) is 19.3 Å². The van der Waals surface area contributed by atoms with Gasteiger partial charge in [0.2, 0.25) is 0 Å². The highest BCUT2D eigenvalue weighted by molar-refractivity contribution is 5.83. The summed E-state index contributed by atoms with van der Waals surface area (Å²) >= 11 is 0. The van der Waals surface area contributed by atoms with Crippen molar-refractivity contribution in [3.05, 3.63) is 175 Å². The number of fused-ring (bicyclic) bond motifs is 1. The predicted octanol–water partition coefficient (Wildman–Crippen LogP) is 7.87. The lowest BCUT2D eigenvalue weighted by Gasteiger charge is -2.36. The Kier molecular flexibility index (Phi) is 5.82. The molecule has 0 radical (unpaired) electrons. The molecule has 0 aliphatic rings. The van der Waals surface area contributed by atoms with Crippen molar-refractivity contribution >= 4 is 11.0 Å². The summed E-state index contributed by atoms with van der Waals surface area (Å²) in [5, 5.41) is 5.00. The van der Waals surface area contributed by atoms with E-state index in [0.717, 1.165) is 44.5 Å². The zero-order chi connectivity index (χ0) is 26.9. The second kappa shape index (κ2) is 9.79. The van der Waals surface area contributed by atoms with Crippen LogP contribution < -0.4 is 0 Å². The molecule has 40 heavy (non-hydrogen) atoms. The van der Waals surface area contributed by atoms with Gasteiger partial charge in [0.25, 0.3) is 0 Å². The molecule has 192 valence electrons. The zero-order valence-corrected chi connectivity index (χ0v) is 21.6. The molecule has 2 heterocycles. The fourth-order valence-electron chi connectivity index (χ4n) is 5.58. The van der Waals surface area contributed by atoms with Crippen LogP contribution in [0.15, 0.2) is 152 Å². The Morgan fingerprint density at radius 1 is 0.600 bits per heavy atom. The summed E-state index contributed by atoms with van der Waals surface area (Å²) in [7, 11) is 0. The minimum atomic E-state index is -0.679. The fraction of sp³-hybridized carbons (Fsp3) is 0.0286. The monoisotopic (exact) mass is 520 g/mol. The van der Waals surface area contributed by atoms with E-state index in [1.54, 1.807) is 18.5 Å². The number of rotatable bonds is 6. The average Bonchev–Trinajstić information content (AvgIpc) is 3.68. The summed E-state index contributed by atoms with van der Waals surface area (Å²) in [6, 6.07) is 44.2. The highest BCUT2D eigenvalue weighted by Crippen LogP contribution is 2.41. The van der Waals surface area contributed by atoms with Gasteiger partial charge < -0.3 is 0 Å². The molecule has 7 rings (SSSR count). The van der Waals surface area contributed by atoms with E-state index >= 15 is 0 Å². The summed E-state index contributed by atoms with van der Waals surface area (Å²) in [4.78, 5) is 4.56. The van der Waals surface area contributed by atoms with Gasteiger partial charge in [-0.3, -0.25) is 9.25 Å². The first-order valence-electron chi connectivity index (χ1n) is 13.2. The quantitative estimate of drug-likeness (QED) is 0.209. The molecule has 0 aliphatic heterocycles. The number of benzene rings is 5. The van der Waals surface area contributed by atoms with Gasteiger partial charge >= 0.3 is 0 Å². The molecular weight excluding hydrogens is 495 g/mol. The number of hydrogen-bond donors (Lipinski definition) is 0. The minimum absolute atomic E-state index is 0.264. The normalized spacial score (nSPS) is 11.6. The van der Waals surface area contributed by atoms with Crippen molar-refractivity contribution in [1.82, 2.24) is 19.3 Å². The van der Waals surface area contributed by atoms with Gasteiger partial charge in [-0.05, 0) is 58.7 Å². The van der Waals surface area contributed by atoms with Crippen LogP contribution in [0.25, 0.3) is 27.8 Å². The standard InChI is InChI=1S/C35H25FN4/c36-31-17-19-32(20-18-31)39-25-37-33-21-16-26(22-34(33)39)27-23-38-40(24-27)35(28-10-4-1-5-11-28,29-12-6-2-7-13-29)30-14-8-3-9-15-30/h1-25H. The Bertz CT molecular complexity index is 1790. The Hall–Kier alpha value is -5.29. The van der Waals surface area contributed by atoms with Crippen molar-refractivity contribution in [2.75, 3.05) is 0 Å². The molecule has 5 heteroatoms. The Morgan fingerprint density at radius 2 is 1.18 bits per heavy atom. The molecule has 0 saturated carbocycles. The molecule has 5 aromatic carbocycles. The predicted molar refractivity (Wildman–Crippen MR) is 157 cm³/mol. The molecule has 4 nitrogen and oxygen atoms in total. The Morgan fingerprint density at radius 3 is 1.75 bits per heavy atom. The number of aromatic nitrogens is 4. The average molecular weight is 521 g/mol. The van der Waals surface area contributed by atoms with Gasteiger partial charge in [0.1, 0.15) is 17.7 Å². The van der Waals surface area contributed by atoms with Crippen LogP contribution in [0, 0.1) is 5.82 Å². The van der Waals surface area contributed by atoms with Gasteiger partial charge in [-0.1, -0.05) is 97.1 Å². The van der Waals surface area contributed by atoms with Gasteiger partial charge in [-0.25, -0.2) is 9.37 Å². The molecule has 0 unspecified atom stereocenters. The van der Waals surface area contributed by atoms with E-state index in [-0.39, 0.29) is 5.82 Å². The van der Waals surface area contributed by atoms with Crippen LogP contribution in [0.5, 0.6) is 0 Å². The van der Waals surface area contributed by atoms with Crippen molar-refractivity contribution < 1.29 is 4.39 Å². The maximum absolute atomic E-state index is 13.6. The molecule has 0 amide bonds. The fourth-order valence-corrected chi connectivity index (χ4v) is 5.58. The van der Waals surface area contributed by atoms with Crippen molar-refractivity contribution in [2.45, 2.75) is 5.54 Å². The Balaban J connectivity index is 1.41. The van der Waals surface area contributed by atoms with Crippen LogP contribution in [-0.2, 0) is 5.54 Å². The van der Waals surface area contributed by atoms with Crippen molar-refractivity contribution in [1.29, 1.82) is 0 Å². The highest BCUT2D eigenvalue weighted by atomic mass is 19.1. The van der Waals surface area contributed by atoms with Crippen molar-refractivity contribution in [2.24, 2.45) is 0 Å². The maximum atomic E-state index is 13.6. The lowest BCUT2D eigenvalue weighted by atomic mass is 9.77. The topological polar surface area (TPSA) is 35.6 Å². The summed E-state index contributed by atoms with van der Waals surface area (Å²) in [5.41, 5.74) is 7.34. The van der Waals surface area contributed by atoms with E-state index in [9.17, 15) is 4.39 Å². The van der Waals surface area contributed by atoms with Gasteiger partial charge in [-0.2, -0.15) is 5.10 Å². The van der Waals surface area contributed by atoms with Crippen LogP contribution in [0.3, 0.4) is 0 Å². The minimum Gasteiger partial charge on any atom is -0.299 e.